The average Bonchev–Trinajstić information content (AvgIpc) is 2.95. The largest absolute Gasteiger partial charge is 0.416 e. The molecule has 1 heterocycles. The van der Waals surface area contributed by atoms with Crippen LogP contribution in [0.2, 0.25) is 0 Å². The molecule has 3 aromatic rings. The summed E-state index contributed by atoms with van der Waals surface area (Å²) in [5.41, 5.74) is 1.23. The van der Waals surface area contributed by atoms with Crippen molar-refractivity contribution < 1.29 is 18.0 Å². The Labute approximate surface area is 147 Å². The number of nitrogens with zero attached hydrogens (tertiary/aromatic N) is 2. The lowest BCUT2D eigenvalue weighted by atomic mass is 10.1. The first-order chi connectivity index (χ1) is 12.3. The van der Waals surface area contributed by atoms with E-state index in [1.807, 2.05) is 30.3 Å². The molecular weight excluding hydrogens is 345 g/mol. The normalized spacial score (nSPS) is 11.2. The van der Waals surface area contributed by atoms with Gasteiger partial charge in [-0.15, -0.1) is 0 Å². The molecule has 5 nitrogen and oxygen atoms in total. The second-order valence-electron chi connectivity index (χ2n) is 5.56. The molecule has 8 heteroatoms. The fourth-order valence-electron chi connectivity index (χ4n) is 2.43. The molecule has 2 N–H and O–H groups in total. The fraction of sp³-hybridized carbons (Fsp3) is 0.111. The van der Waals surface area contributed by atoms with Gasteiger partial charge >= 0.3 is 12.2 Å². The van der Waals surface area contributed by atoms with Gasteiger partial charge in [-0.05, 0) is 29.8 Å². The number of hydrogen-bond donors (Lipinski definition) is 2. The van der Waals surface area contributed by atoms with E-state index in [0.29, 0.717) is 5.82 Å². The van der Waals surface area contributed by atoms with Gasteiger partial charge in [0.25, 0.3) is 0 Å². The molecule has 0 bridgehead atoms. The predicted octanol–water partition coefficient (Wildman–Crippen LogP) is 4.75. The van der Waals surface area contributed by atoms with E-state index < -0.39 is 17.8 Å². The molecule has 1 aromatic heterocycles. The topological polar surface area (TPSA) is 59.0 Å². The number of anilines is 2. The summed E-state index contributed by atoms with van der Waals surface area (Å²) in [6.07, 6.45) is -4.41. The van der Waals surface area contributed by atoms with Gasteiger partial charge in [-0.25, -0.2) is 4.79 Å². The van der Waals surface area contributed by atoms with Crippen LogP contribution in [0.25, 0.3) is 11.3 Å². The fourth-order valence-corrected chi connectivity index (χ4v) is 2.43. The van der Waals surface area contributed by atoms with Crippen LogP contribution in [-0.4, -0.2) is 15.8 Å². The van der Waals surface area contributed by atoms with Gasteiger partial charge in [0, 0.05) is 18.8 Å². The molecule has 0 saturated carbocycles. The Kier molecular flexibility index (Phi) is 4.66. The Balaban J connectivity index is 1.67. The number of halogens is 3. The van der Waals surface area contributed by atoms with Gasteiger partial charge in [-0.2, -0.15) is 18.3 Å². The lowest BCUT2D eigenvalue weighted by Crippen LogP contribution is -2.19. The number of alkyl halides is 3. The van der Waals surface area contributed by atoms with Gasteiger partial charge in [-0.1, -0.05) is 30.3 Å². The third kappa shape index (κ3) is 4.02. The summed E-state index contributed by atoms with van der Waals surface area (Å²) in [7, 11) is 1.75. The van der Waals surface area contributed by atoms with Gasteiger partial charge in [0.2, 0.25) is 0 Å². The van der Waals surface area contributed by atoms with Crippen LogP contribution in [0.1, 0.15) is 5.56 Å². The number of carbonyl (C=O) groups is 1. The molecule has 2 amide bonds. The zero-order valence-corrected chi connectivity index (χ0v) is 13.7. The number of benzene rings is 2. The Morgan fingerprint density at radius 1 is 1.00 bits per heavy atom. The van der Waals surface area contributed by atoms with Crippen molar-refractivity contribution >= 4 is 17.5 Å². The highest BCUT2D eigenvalue weighted by atomic mass is 19.4. The molecule has 0 spiro atoms. The first kappa shape index (κ1) is 17.5. The first-order valence-corrected chi connectivity index (χ1v) is 7.67. The van der Waals surface area contributed by atoms with Crippen molar-refractivity contribution in [3.8, 4) is 11.3 Å². The third-order valence-electron chi connectivity index (χ3n) is 3.66. The van der Waals surface area contributed by atoms with E-state index in [2.05, 4.69) is 15.7 Å². The number of aromatic nitrogens is 2. The number of rotatable bonds is 3. The molecule has 3 rings (SSSR count). The van der Waals surface area contributed by atoms with Crippen molar-refractivity contribution in [1.82, 2.24) is 9.78 Å². The van der Waals surface area contributed by atoms with Gasteiger partial charge in [0.05, 0.1) is 11.3 Å². The maximum absolute atomic E-state index is 12.5. The zero-order valence-electron chi connectivity index (χ0n) is 13.7. The average molecular weight is 360 g/mol. The van der Waals surface area contributed by atoms with E-state index in [0.717, 1.165) is 23.4 Å². The van der Waals surface area contributed by atoms with Crippen molar-refractivity contribution in [3.05, 3.63) is 66.2 Å². The summed E-state index contributed by atoms with van der Waals surface area (Å²) in [4.78, 5) is 12.0. The van der Waals surface area contributed by atoms with Crippen LogP contribution in [0.5, 0.6) is 0 Å². The second kappa shape index (κ2) is 6.91. The highest BCUT2D eigenvalue weighted by molar-refractivity contribution is 5.99. The molecule has 0 aliphatic heterocycles. The molecule has 0 aliphatic rings. The molecule has 2 aromatic carbocycles. The Morgan fingerprint density at radius 3 is 2.27 bits per heavy atom. The molecule has 0 unspecified atom stereocenters. The van der Waals surface area contributed by atoms with Crippen molar-refractivity contribution in [2.45, 2.75) is 6.18 Å². The minimum Gasteiger partial charge on any atom is -0.308 e. The maximum Gasteiger partial charge on any atom is 0.416 e. The van der Waals surface area contributed by atoms with Gasteiger partial charge in [0.1, 0.15) is 0 Å². The monoisotopic (exact) mass is 360 g/mol. The van der Waals surface area contributed by atoms with Crippen molar-refractivity contribution in [1.29, 1.82) is 0 Å². The smallest absolute Gasteiger partial charge is 0.308 e. The Hall–Kier alpha value is -3.29. The number of carbonyl (C=O) groups excluding carboxylic acids is 1. The summed E-state index contributed by atoms with van der Waals surface area (Å²) < 4.78 is 39.2. The van der Waals surface area contributed by atoms with E-state index in [1.165, 1.54) is 12.1 Å². The third-order valence-corrected chi connectivity index (χ3v) is 3.66. The van der Waals surface area contributed by atoms with Crippen molar-refractivity contribution in [3.63, 3.8) is 0 Å². The molecule has 134 valence electrons. The van der Waals surface area contributed by atoms with E-state index >= 15 is 0 Å². The highest BCUT2D eigenvalue weighted by Gasteiger charge is 2.29. The quantitative estimate of drug-likeness (QED) is 0.708. The minimum absolute atomic E-state index is 0.245. The van der Waals surface area contributed by atoms with Gasteiger partial charge in [0.15, 0.2) is 5.82 Å². The SMILES string of the molecule is Cn1nc(NC(=O)Nc2ccc(C(F)(F)F)cc2)cc1-c1ccccc1. The van der Waals surface area contributed by atoms with Crippen LogP contribution in [0.3, 0.4) is 0 Å². The van der Waals surface area contributed by atoms with Crippen LogP contribution < -0.4 is 10.6 Å². The summed E-state index contributed by atoms with van der Waals surface area (Å²) in [5, 5.41) is 9.24. The standard InChI is InChI=1S/C18H15F3N4O/c1-25-15(12-5-3-2-4-6-12)11-16(24-25)23-17(26)22-14-9-7-13(8-10-14)18(19,20)21/h2-11H,1H3,(H2,22,23,24,26). The van der Waals surface area contributed by atoms with E-state index in [9.17, 15) is 18.0 Å². The molecular formula is C18H15F3N4O. The number of hydrogen-bond acceptors (Lipinski definition) is 2. The lowest BCUT2D eigenvalue weighted by molar-refractivity contribution is -0.137. The number of aryl methyl sites for hydroxylation is 1. The van der Waals surface area contributed by atoms with Gasteiger partial charge < -0.3 is 5.32 Å². The first-order valence-electron chi connectivity index (χ1n) is 7.67. The van der Waals surface area contributed by atoms with Crippen LogP contribution >= 0.6 is 0 Å². The van der Waals surface area contributed by atoms with E-state index in [1.54, 1.807) is 17.8 Å². The van der Waals surface area contributed by atoms with Gasteiger partial charge in [-0.3, -0.25) is 10.00 Å². The van der Waals surface area contributed by atoms with E-state index in [4.69, 9.17) is 0 Å². The number of urea groups is 1. The van der Waals surface area contributed by atoms with E-state index in [-0.39, 0.29) is 5.69 Å². The van der Waals surface area contributed by atoms with Crippen molar-refractivity contribution in [2.75, 3.05) is 10.6 Å². The molecule has 0 aliphatic carbocycles. The molecule has 26 heavy (non-hydrogen) atoms. The minimum atomic E-state index is -4.41. The summed E-state index contributed by atoms with van der Waals surface area (Å²) in [6.45, 7) is 0. The molecule has 0 atom stereocenters. The highest BCUT2D eigenvalue weighted by Crippen LogP contribution is 2.29. The maximum atomic E-state index is 12.5. The lowest BCUT2D eigenvalue weighted by Gasteiger charge is -2.08. The Morgan fingerprint density at radius 2 is 1.65 bits per heavy atom. The second-order valence-corrected chi connectivity index (χ2v) is 5.56. The molecule has 0 radical (unpaired) electrons. The summed E-state index contributed by atoms with van der Waals surface area (Å²) in [6, 6.07) is 14.8. The number of amides is 2. The van der Waals surface area contributed by atoms with Crippen LogP contribution in [-0.2, 0) is 13.2 Å². The van der Waals surface area contributed by atoms with Crippen LogP contribution in [0, 0.1) is 0 Å². The summed E-state index contributed by atoms with van der Waals surface area (Å²) in [5.74, 6) is 0.329. The molecule has 0 saturated heterocycles. The van der Waals surface area contributed by atoms with Crippen LogP contribution in [0.15, 0.2) is 60.7 Å². The summed E-state index contributed by atoms with van der Waals surface area (Å²) >= 11 is 0. The van der Waals surface area contributed by atoms with Crippen molar-refractivity contribution in [2.24, 2.45) is 7.05 Å². The molecule has 0 fully saturated rings. The zero-order chi connectivity index (χ0) is 18.7. The predicted molar refractivity (Wildman–Crippen MR) is 92.7 cm³/mol. The number of nitrogens with one attached hydrogen (secondary N) is 2. The van der Waals surface area contributed by atoms with Crippen LogP contribution in [0.4, 0.5) is 29.5 Å². The Bertz CT molecular complexity index is 902.